The van der Waals surface area contributed by atoms with Crippen LogP contribution in [0.25, 0.3) is 0 Å². The number of carbonyl (C=O) groups is 3. The maximum Gasteiger partial charge on any atom is 0.248 e. The number of nitrogens with one attached hydrogen (secondary N) is 2. The molecule has 3 unspecified atom stereocenters. The van der Waals surface area contributed by atoms with Gasteiger partial charge in [-0.25, -0.2) is 0 Å². The maximum absolute atomic E-state index is 14.1. The van der Waals surface area contributed by atoms with Gasteiger partial charge in [0.2, 0.25) is 17.7 Å². The van der Waals surface area contributed by atoms with Gasteiger partial charge >= 0.3 is 0 Å². The molecule has 1 spiro atoms. The quantitative estimate of drug-likeness (QED) is 0.384. The number of hydrogen-bond donors (Lipinski definition) is 3. The molecule has 2 bridgehead atoms. The second kappa shape index (κ2) is 10.6. The highest BCUT2D eigenvalue weighted by molar-refractivity contribution is 9.09. The van der Waals surface area contributed by atoms with E-state index in [9.17, 15) is 19.5 Å². The molecule has 0 aliphatic carbocycles. The molecule has 3 aliphatic heterocycles. The highest BCUT2D eigenvalue weighted by atomic mass is 79.9. The Bertz CT molecular complexity index is 999. The van der Waals surface area contributed by atoms with Crippen molar-refractivity contribution in [2.75, 3.05) is 18.5 Å². The van der Waals surface area contributed by atoms with Gasteiger partial charge in [0, 0.05) is 16.6 Å². The highest BCUT2D eigenvalue weighted by Crippen LogP contribution is 2.68. The van der Waals surface area contributed by atoms with Crippen molar-refractivity contribution in [2.24, 2.45) is 17.8 Å². The summed E-state index contributed by atoms with van der Waals surface area (Å²) in [4.78, 5) is 43.0. The molecular weight excluding hydrogens is 554 g/mol. The van der Waals surface area contributed by atoms with Crippen molar-refractivity contribution in [1.29, 1.82) is 0 Å². The molecule has 4 rings (SSSR count). The van der Waals surface area contributed by atoms with E-state index in [0.29, 0.717) is 23.7 Å². The summed E-state index contributed by atoms with van der Waals surface area (Å²) < 4.78 is -0.768. The van der Waals surface area contributed by atoms with Crippen LogP contribution in [-0.2, 0) is 14.4 Å². The topological polar surface area (TPSA) is 98.7 Å². The van der Waals surface area contributed by atoms with Gasteiger partial charge < -0.3 is 20.6 Å². The van der Waals surface area contributed by atoms with Crippen LogP contribution in [0.5, 0.6) is 0 Å². The van der Waals surface area contributed by atoms with Gasteiger partial charge in [-0.05, 0) is 30.9 Å². The fraction of sp³-hybridized carbons (Fsp3) is 0.640. The molecule has 7 nitrogen and oxygen atoms in total. The second-order valence-corrected chi connectivity index (χ2v) is 12.9. The third kappa shape index (κ3) is 4.40. The lowest BCUT2D eigenvalue weighted by Crippen LogP contribution is -2.56. The fourth-order valence-electron chi connectivity index (χ4n) is 5.97. The minimum Gasteiger partial charge on any atom is -0.394 e. The van der Waals surface area contributed by atoms with E-state index in [-0.39, 0.29) is 40.3 Å². The van der Waals surface area contributed by atoms with E-state index in [1.54, 1.807) is 40.9 Å². The average Bonchev–Trinajstić information content (AvgIpc) is 3.43. The van der Waals surface area contributed by atoms with E-state index in [2.05, 4.69) is 26.6 Å². The van der Waals surface area contributed by atoms with Crippen molar-refractivity contribution in [2.45, 2.75) is 66.9 Å². The Kier molecular flexibility index (Phi) is 8.10. The van der Waals surface area contributed by atoms with Crippen molar-refractivity contribution >= 4 is 62.7 Å². The van der Waals surface area contributed by atoms with Gasteiger partial charge in [-0.1, -0.05) is 66.9 Å². The molecular formula is C25H33BrClN3O4S. The van der Waals surface area contributed by atoms with E-state index < -0.39 is 28.7 Å². The van der Waals surface area contributed by atoms with Crippen molar-refractivity contribution in [3.63, 3.8) is 0 Å². The summed E-state index contributed by atoms with van der Waals surface area (Å²) >= 11 is 11.7. The maximum atomic E-state index is 14.1. The molecule has 0 saturated carbocycles. The van der Waals surface area contributed by atoms with E-state index in [1.165, 1.54) is 0 Å². The summed E-state index contributed by atoms with van der Waals surface area (Å²) in [5.41, 5.74) is 0.473. The second-order valence-electron chi connectivity index (χ2n) is 9.80. The summed E-state index contributed by atoms with van der Waals surface area (Å²) in [7, 11) is 0. The van der Waals surface area contributed by atoms with Crippen molar-refractivity contribution in [3.05, 3.63) is 29.3 Å². The number of para-hydroxylation sites is 1. The van der Waals surface area contributed by atoms with Gasteiger partial charge in [0.05, 0.1) is 39.9 Å². The van der Waals surface area contributed by atoms with Gasteiger partial charge in [0.1, 0.15) is 6.04 Å². The molecule has 35 heavy (non-hydrogen) atoms. The first kappa shape index (κ1) is 26.8. The first-order valence-corrected chi connectivity index (χ1v) is 14.5. The molecule has 3 heterocycles. The number of amides is 3. The van der Waals surface area contributed by atoms with Crippen LogP contribution in [-0.4, -0.2) is 67.8 Å². The number of likely N-dealkylation sites (tertiary alicyclic amines) is 1. The molecule has 3 aliphatic rings. The lowest BCUT2D eigenvalue weighted by molar-refractivity contribution is -0.143. The number of alkyl halides is 1. The lowest BCUT2D eigenvalue weighted by Gasteiger charge is -2.39. The molecule has 3 N–H and O–H groups in total. The largest absolute Gasteiger partial charge is 0.394 e. The SMILES string of the molecule is CCCNC(=O)[C@H]1[C@@H]2SC3(CC2Br)C(C(=O)Nc2ccccc2Cl)N([C@@H](CO)[C@@H](C)CC)C(=O)[C@H]13. The summed E-state index contributed by atoms with van der Waals surface area (Å²) in [5, 5.41) is 16.6. The van der Waals surface area contributed by atoms with Crippen LogP contribution < -0.4 is 10.6 Å². The molecule has 3 amide bonds. The molecule has 3 fully saturated rings. The number of thioether (sulfide) groups is 1. The molecule has 0 aromatic heterocycles. The summed E-state index contributed by atoms with van der Waals surface area (Å²) in [6, 6.07) is 5.64. The number of carbonyl (C=O) groups excluding carboxylic acids is 3. The monoisotopic (exact) mass is 585 g/mol. The smallest absolute Gasteiger partial charge is 0.248 e. The Morgan fingerprint density at radius 3 is 2.66 bits per heavy atom. The first-order chi connectivity index (χ1) is 16.7. The van der Waals surface area contributed by atoms with Crippen LogP contribution >= 0.6 is 39.3 Å². The van der Waals surface area contributed by atoms with Gasteiger partial charge in [-0.15, -0.1) is 11.8 Å². The highest BCUT2D eigenvalue weighted by Gasteiger charge is 2.76. The van der Waals surface area contributed by atoms with Crippen molar-refractivity contribution in [3.8, 4) is 0 Å². The van der Waals surface area contributed by atoms with Crippen LogP contribution in [0.2, 0.25) is 5.02 Å². The molecule has 3 saturated heterocycles. The minimum absolute atomic E-state index is 0.000616. The van der Waals surface area contributed by atoms with Gasteiger partial charge in [-0.2, -0.15) is 0 Å². The molecule has 8 atom stereocenters. The summed E-state index contributed by atoms with van der Waals surface area (Å²) in [5.74, 6) is -1.86. The lowest BCUT2D eigenvalue weighted by atomic mass is 9.70. The van der Waals surface area contributed by atoms with E-state index in [4.69, 9.17) is 11.6 Å². The Morgan fingerprint density at radius 1 is 1.31 bits per heavy atom. The Morgan fingerprint density at radius 2 is 2.03 bits per heavy atom. The molecule has 1 aromatic rings. The number of rotatable bonds is 9. The first-order valence-electron chi connectivity index (χ1n) is 12.3. The van der Waals surface area contributed by atoms with Crippen LogP contribution in [0.15, 0.2) is 24.3 Å². The molecule has 10 heteroatoms. The van der Waals surface area contributed by atoms with E-state index in [0.717, 1.165) is 12.8 Å². The van der Waals surface area contributed by atoms with Gasteiger partial charge in [-0.3, -0.25) is 14.4 Å². The number of hydrogen-bond acceptors (Lipinski definition) is 5. The Balaban J connectivity index is 1.78. The predicted molar refractivity (Wildman–Crippen MR) is 143 cm³/mol. The molecule has 1 aromatic carbocycles. The van der Waals surface area contributed by atoms with E-state index in [1.807, 2.05) is 20.8 Å². The normalized spacial score (nSPS) is 32.9. The minimum atomic E-state index is -0.832. The Hall–Kier alpha value is -1.29. The zero-order valence-corrected chi connectivity index (χ0v) is 23.3. The molecule has 0 radical (unpaired) electrons. The number of benzene rings is 1. The number of aliphatic hydroxyl groups is 1. The third-order valence-corrected chi connectivity index (χ3v) is 11.4. The number of aliphatic hydroxyl groups excluding tert-OH is 1. The standard InChI is InChI=1S/C25H33BrClN3O4S/c1-4-10-28-22(32)18-19-24(34)30(17(12-31)13(3)5-2)21(25(19)11-14(26)20(18)35-25)23(33)29-16-9-7-6-8-15(16)27/h6-9,13-14,17-21,31H,4-5,10-12H2,1-3H3,(H,28,32)(H,29,33)/t13-,14?,17-,18+,19-,20+,21?,25?/m0/s1. The van der Waals surface area contributed by atoms with Crippen molar-refractivity contribution in [1.82, 2.24) is 10.2 Å². The van der Waals surface area contributed by atoms with Crippen LogP contribution in [0.3, 0.4) is 0 Å². The third-order valence-electron chi connectivity index (χ3n) is 7.80. The number of anilines is 1. The number of fused-ring (bicyclic) bond motifs is 1. The van der Waals surface area contributed by atoms with Crippen molar-refractivity contribution < 1.29 is 19.5 Å². The fourth-order valence-corrected chi connectivity index (χ4v) is 9.75. The Labute approximate surface area is 224 Å². The number of halogens is 2. The van der Waals surface area contributed by atoms with Gasteiger partial charge in [0.25, 0.3) is 0 Å². The van der Waals surface area contributed by atoms with Crippen LogP contribution in [0.1, 0.15) is 40.0 Å². The van der Waals surface area contributed by atoms with E-state index >= 15 is 0 Å². The zero-order chi connectivity index (χ0) is 25.5. The average molecular weight is 587 g/mol. The number of nitrogens with zero attached hydrogens (tertiary/aromatic N) is 1. The van der Waals surface area contributed by atoms with Crippen LogP contribution in [0, 0.1) is 17.8 Å². The summed E-state index contributed by atoms with van der Waals surface area (Å²) in [6.45, 7) is 6.26. The summed E-state index contributed by atoms with van der Waals surface area (Å²) in [6.07, 6.45) is 2.13. The molecule has 192 valence electrons. The zero-order valence-electron chi connectivity index (χ0n) is 20.2. The van der Waals surface area contributed by atoms with Crippen LogP contribution in [0.4, 0.5) is 5.69 Å². The predicted octanol–water partition coefficient (Wildman–Crippen LogP) is 3.68. The van der Waals surface area contributed by atoms with Gasteiger partial charge in [0.15, 0.2) is 0 Å².